The summed E-state index contributed by atoms with van der Waals surface area (Å²) in [5.41, 5.74) is 9.17. The Morgan fingerprint density at radius 2 is 1.87 bits per heavy atom. The lowest BCUT2D eigenvalue weighted by Gasteiger charge is -2.26. The van der Waals surface area contributed by atoms with Gasteiger partial charge in [-0.15, -0.1) is 11.3 Å². The standard InChI is InChI=1S/C31H27ClN2O4S/c1-3-4-5-14-36-20-9-7-19(8-10-20)27-22-13-11-21(16-25(22)38-30(34)24(27)17-33)37-31(35)29-28(32)23-12-6-18(2)15-26(23)39-29/h6-13,15-16,27H,3-5,14,34H2,1-2H3. The van der Waals surface area contributed by atoms with E-state index in [1.807, 2.05) is 49.4 Å². The lowest BCUT2D eigenvalue weighted by Crippen LogP contribution is -2.21. The largest absolute Gasteiger partial charge is 0.494 e. The molecule has 3 aromatic carbocycles. The number of hydrogen-bond donors (Lipinski definition) is 1. The minimum Gasteiger partial charge on any atom is -0.494 e. The van der Waals surface area contributed by atoms with Gasteiger partial charge in [0.2, 0.25) is 5.88 Å². The van der Waals surface area contributed by atoms with Gasteiger partial charge < -0.3 is 19.9 Å². The van der Waals surface area contributed by atoms with Gasteiger partial charge in [-0.05, 0) is 48.7 Å². The first-order valence-electron chi connectivity index (χ1n) is 12.7. The molecule has 1 unspecified atom stereocenters. The molecule has 4 aromatic rings. The fourth-order valence-electron chi connectivity index (χ4n) is 4.60. The van der Waals surface area contributed by atoms with Crippen LogP contribution in [0, 0.1) is 18.3 Å². The Morgan fingerprint density at radius 1 is 1.10 bits per heavy atom. The predicted octanol–water partition coefficient (Wildman–Crippen LogP) is 7.87. The molecule has 1 aromatic heterocycles. The monoisotopic (exact) mass is 558 g/mol. The Kier molecular flexibility index (Phi) is 7.78. The molecule has 0 spiro atoms. The van der Waals surface area contributed by atoms with Gasteiger partial charge in [-0.2, -0.15) is 5.26 Å². The van der Waals surface area contributed by atoms with E-state index in [0.717, 1.165) is 51.8 Å². The van der Waals surface area contributed by atoms with Crippen molar-refractivity contribution < 1.29 is 19.0 Å². The summed E-state index contributed by atoms with van der Waals surface area (Å²) in [5.74, 6) is 0.502. The number of carbonyl (C=O) groups excluding carboxylic acids is 1. The van der Waals surface area contributed by atoms with Crippen LogP contribution in [0.4, 0.5) is 0 Å². The van der Waals surface area contributed by atoms with Crippen molar-refractivity contribution in [3.8, 4) is 23.3 Å². The maximum atomic E-state index is 13.0. The first kappa shape index (κ1) is 26.6. The Hall–Kier alpha value is -3.99. The number of halogens is 1. The van der Waals surface area contributed by atoms with E-state index in [-0.39, 0.29) is 11.6 Å². The number of esters is 1. The lowest BCUT2D eigenvalue weighted by atomic mass is 9.83. The molecule has 0 aliphatic carbocycles. The van der Waals surface area contributed by atoms with Gasteiger partial charge in [0, 0.05) is 21.7 Å². The molecule has 0 saturated heterocycles. The highest BCUT2D eigenvalue weighted by Crippen LogP contribution is 2.44. The molecule has 8 heteroatoms. The quantitative estimate of drug-likeness (QED) is 0.134. The highest BCUT2D eigenvalue weighted by molar-refractivity contribution is 7.21. The molecule has 1 atom stereocenters. The van der Waals surface area contributed by atoms with Crippen LogP contribution in [0.25, 0.3) is 10.1 Å². The molecule has 1 aliphatic heterocycles. The minimum atomic E-state index is -0.554. The second kappa shape index (κ2) is 11.4. The van der Waals surface area contributed by atoms with Crippen LogP contribution >= 0.6 is 22.9 Å². The van der Waals surface area contributed by atoms with Crippen LogP contribution in [-0.2, 0) is 0 Å². The molecule has 0 radical (unpaired) electrons. The normalized spacial score (nSPS) is 14.5. The Morgan fingerprint density at radius 3 is 2.62 bits per heavy atom. The van der Waals surface area contributed by atoms with E-state index in [1.165, 1.54) is 11.3 Å². The van der Waals surface area contributed by atoms with E-state index >= 15 is 0 Å². The summed E-state index contributed by atoms with van der Waals surface area (Å²) in [6.45, 7) is 4.80. The molecule has 0 amide bonds. The Labute approximate surface area is 236 Å². The van der Waals surface area contributed by atoms with Crippen LogP contribution in [-0.4, -0.2) is 12.6 Å². The van der Waals surface area contributed by atoms with Crippen molar-refractivity contribution >= 4 is 39.0 Å². The smallest absolute Gasteiger partial charge is 0.355 e. The summed E-state index contributed by atoms with van der Waals surface area (Å²) in [6.07, 6.45) is 3.27. The molecular formula is C31H27ClN2O4S. The van der Waals surface area contributed by atoms with Gasteiger partial charge in [0.25, 0.3) is 0 Å². The first-order valence-corrected chi connectivity index (χ1v) is 13.9. The summed E-state index contributed by atoms with van der Waals surface area (Å²) < 4.78 is 18.2. The van der Waals surface area contributed by atoms with Crippen LogP contribution in [0.1, 0.15) is 58.5 Å². The second-order valence-corrected chi connectivity index (χ2v) is 10.8. The third-order valence-corrected chi connectivity index (χ3v) is 8.24. The molecule has 1 aliphatic rings. The van der Waals surface area contributed by atoms with E-state index < -0.39 is 11.9 Å². The van der Waals surface area contributed by atoms with Gasteiger partial charge in [0.1, 0.15) is 33.8 Å². The fraction of sp³-hybridized carbons (Fsp3) is 0.226. The Bertz CT molecular complexity index is 1620. The average Bonchev–Trinajstić information content (AvgIpc) is 3.26. The van der Waals surface area contributed by atoms with E-state index in [9.17, 15) is 10.1 Å². The van der Waals surface area contributed by atoms with Gasteiger partial charge in [0.15, 0.2) is 0 Å². The molecule has 39 heavy (non-hydrogen) atoms. The topological polar surface area (TPSA) is 94.6 Å². The summed E-state index contributed by atoms with van der Waals surface area (Å²) >= 11 is 7.79. The predicted molar refractivity (Wildman–Crippen MR) is 154 cm³/mol. The van der Waals surface area contributed by atoms with Gasteiger partial charge in [-0.3, -0.25) is 0 Å². The number of nitrogens with zero attached hydrogens (tertiary/aromatic N) is 1. The molecule has 0 fully saturated rings. The van der Waals surface area contributed by atoms with Crippen molar-refractivity contribution in [2.24, 2.45) is 5.73 Å². The third kappa shape index (κ3) is 5.44. The number of allylic oxidation sites excluding steroid dienone is 1. The van der Waals surface area contributed by atoms with Crippen molar-refractivity contribution in [2.45, 2.75) is 39.0 Å². The number of carbonyl (C=O) groups is 1. The van der Waals surface area contributed by atoms with Crippen molar-refractivity contribution in [3.05, 3.63) is 98.7 Å². The van der Waals surface area contributed by atoms with E-state index in [2.05, 4.69) is 13.0 Å². The number of nitrogens with two attached hydrogens (primary N) is 1. The highest BCUT2D eigenvalue weighted by atomic mass is 35.5. The van der Waals surface area contributed by atoms with E-state index in [1.54, 1.807) is 18.2 Å². The molecule has 0 bridgehead atoms. The van der Waals surface area contributed by atoms with E-state index in [0.29, 0.717) is 27.8 Å². The van der Waals surface area contributed by atoms with Crippen LogP contribution in [0.15, 0.2) is 72.1 Å². The summed E-state index contributed by atoms with van der Waals surface area (Å²) in [7, 11) is 0. The van der Waals surface area contributed by atoms with Gasteiger partial charge >= 0.3 is 5.97 Å². The van der Waals surface area contributed by atoms with E-state index in [4.69, 9.17) is 31.5 Å². The van der Waals surface area contributed by atoms with Gasteiger partial charge in [-0.25, -0.2) is 4.79 Å². The van der Waals surface area contributed by atoms with Crippen LogP contribution < -0.4 is 19.9 Å². The number of unbranched alkanes of at least 4 members (excludes halogenated alkanes) is 2. The van der Waals surface area contributed by atoms with Crippen molar-refractivity contribution in [1.82, 2.24) is 0 Å². The number of ether oxygens (including phenoxy) is 3. The number of rotatable bonds is 8. The lowest BCUT2D eigenvalue weighted by molar-refractivity contribution is 0.0740. The zero-order valence-corrected chi connectivity index (χ0v) is 23.2. The molecule has 198 valence electrons. The molecular weight excluding hydrogens is 532 g/mol. The van der Waals surface area contributed by atoms with Crippen LogP contribution in [0.3, 0.4) is 0 Å². The Balaban J connectivity index is 1.40. The van der Waals surface area contributed by atoms with Gasteiger partial charge in [0.05, 0.1) is 17.5 Å². The molecule has 0 saturated carbocycles. The maximum Gasteiger partial charge on any atom is 0.355 e. The number of benzene rings is 3. The molecule has 6 nitrogen and oxygen atoms in total. The van der Waals surface area contributed by atoms with Crippen molar-refractivity contribution in [2.75, 3.05) is 6.61 Å². The SMILES string of the molecule is CCCCCOc1ccc(C2C(C#N)=C(N)Oc3cc(OC(=O)c4sc5cc(C)ccc5c4Cl)ccc32)cc1. The van der Waals surface area contributed by atoms with Crippen molar-refractivity contribution in [1.29, 1.82) is 5.26 Å². The molecule has 2 heterocycles. The molecule has 2 N–H and O–H groups in total. The van der Waals surface area contributed by atoms with Crippen molar-refractivity contribution in [3.63, 3.8) is 0 Å². The number of fused-ring (bicyclic) bond motifs is 2. The van der Waals surface area contributed by atoms with Crippen LogP contribution in [0.2, 0.25) is 5.02 Å². The summed E-state index contributed by atoms with van der Waals surface area (Å²) in [5, 5.41) is 11.1. The highest BCUT2D eigenvalue weighted by Gasteiger charge is 2.31. The zero-order chi connectivity index (χ0) is 27.5. The number of nitriles is 1. The second-order valence-electron chi connectivity index (χ2n) is 9.38. The average molecular weight is 559 g/mol. The number of aryl methyl sites for hydroxylation is 1. The zero-order valence-electron chi connectivity index (χ0n) is 21.6. The number of thiophene rings is 1. The first-order chi connectivity index (χ1) is 18.9. The minimum absolute atomic E-state index is 0.0151. The van der Waals surface area contributed by atoms with Crippen LogP contribution in [0.5, 0.6) is 17.2 Å². The summed E-state index contributed by atoms with van der Waals surface area (Å²) in [6, 6.07) is 20.8. The summed E-state index contributed by atoms with van der Waals surface area (Å²) in [4.78, 5) is 13.4. The van der Waals surface area contributed by atoms with Gasteiger partial charge in [-0.1, -0.05) is 61.7 Å². The fourth-order valence-corrected chi connectivity index (χ4v) is 6.08. The third-order valence-electron chi connectivity index (χ3n) is 6.60. The molecule has 5 rings (SSSR count). The maximum absolute atomic E-state index is 13.0. The number of hydrogen-bond acceptors (Lipinski definition) is 7.